The zero-order valence-corrected chi connectivity index (χ0v) is 19.0. The van der Waals surface area contributed by atoms with E-state index in [1.54, 1.807) is 31.2 Å². The zero-order chi connectivity index (χ0) is 23.2. The maximum Gasteiger partial charge on any atom is 0.276 e. The number of rotatable bonds is 5. The molecule has 33 heavy (non-hydrogen) atoms. The lowest BCUT2D eigenvalue weighted by Gasteiger charge is -2.44. The minimum Gasteiger partial charge on any atom is -0.495 e. The minimum absolute atomic E-state index is 0.218. The van der Waals surface area contributed by atoms with Gasteiger partial charge < -0.3 is 14.6 Å². The Hall–Kier alpha value is -3.65. The number of ether oxygens (including phenoxy) is 1. The normalized spacial score (nSPS) is 17.8. The lowest BCUT2D eigenvalue weighted by Crippen LogP contribution is -2.64. The molecule has 0 unspecified atom stereocenters. The summed E-state index contributed by atoms with van der Waals surface area (Å²) in [6.45, 7) is 2.26. The molecule has 0 bridgehead atoms. The Kier molecular flexibility index (Phi) is 5.17. The molecular formula is C25H22FN3O3S. The van der Waals surface area contributed by atoms with Crippen LogP contribution >= 0.6 is 11.3 Å². The van der Waals surface area contributed by atoms with E-state index >= 15 is 0 Å². The number of carbonyl (C=O) groups excluding carboxylic acids is 2. The summed E-state index contributed by atoms with van der Waals surface area (Å²) in [7, 11) is 1.54. The molecule has 0 radical (unpaired) electrons. The van der Waals surface area contributed by atoms with Crippen molar-refractivity contribution in [3.05, 3.63) is 83.1 Å². The van der Waals surface area contributed by atoms with Gasteiger partial charge in [-0.05, 0) is 54.3 Å². The van der Waals surface area contributed by atoms with Gasteiger partial charge in [0.1, 0.15) is 27.6 Å². The van der Waals surface area contributed by atoms with Crippen LogP contribution in [0.1, 0.15) is 23.0 Å². The molecule has 1 aliphatic heterocycles. The van der Waals surface area contributed by atoms with Gasteiger partial charge in [0.05, 0.1) is 19.3 Å². The number of fused-ring (bicyclic) bond motifs is 3. The van der Waals surface area contributed by atoms with Crippen molar-refractivity contribution in [2.45, 2.75) is 25.6 Å². The third-order valence-electron chi connectivity index (χ3n) is 6.07. The number of nitrogens with zero attached hydrogens (tertiary/aromatic N) is 2. The molecular weight excluding hydrogens is 441 g/mol. The summed E-state index contributed by atoms with van der Waals surface area (Å²) < 4.78 is 20.7. The quantitative estimate of drug-likeness (QED) is 0.471. The Labute approximate surface area is 194 Å². The Morgan fingerprint density at radius 1 is 1.18 bits per heavy atom. The van der Waals surface area contributed by atoms with Gasteiger partial charge >= 0.3 is 0 Å². The van der Waals surface area contributed by atoms with Crippen molar-refractivity contribution in [3.63, 3.8) is 0 Å². The summed E-state index contributed by atoms with van der Waals surface area (Å²) in [6, 6.07) is 17.0. The van der Waals surface area contributed by atoms with Crippen molar-refractivity contribution in [3.8, 4) is 5.75 Å². The fourth-order valence-electron chi connectivity index (χ4n) is 4.36. The number of thiophene rings is 1. The van der Waals surface area contributed by atoms with Crippen LogP contribution < -0.4 is 15.0 Å². The monoisotopic (exact) mass is 463 g/mol. The van der Waals surface area contributed by atoms with Crippen LogP contribution in [0.4, 0.5) is 10.1 Å². The average molecular weight is 464 g/mol. The van der Waals surface area contributed by atoms with Crippen LogP contribution in [-0.2, 0) is 17.9 Å². The molecule has 8 heteroatoms. The molecule has 3 heterocycles. The second-order valence-corrected chi connectivity index (χ2v) is 9.09. The van der Waals surface area contributed by atoms with Gasteiger partial charge in [-0.1, -0.05) is 24.3 Å². The molecule has 1 aliphatic rings. The first-order valence-corrected chi connectivity index (χ1v) is 11.4. The van der Waals surface area contributed by atoms with E-state index in [0.717, 1.165) is 15.8 Å². The molecule has 168 valence electrons. The highest BCUT2D eigenvalue weighted by molar-refractivity contribution is 7.16. The summed E-state index contributed by atoms with van der Waals surface area (Å²) in [5.41, 5.74) is 0.600. The Balaban J connectivity index is 1.58. The summed E-state index contributed by atoms with van der Waals surface area (Å²) in [5.74, 6) is -0.411. The molecule has 0 saturated heterocycles. The smallest absolute Gasteiger partial charge is 0.276 e. The molecule has 0 aliphatic carbocycles. The average Bonchev–Trinajstić information content (AvgIpc) is 3.41. The van der Waals surface area contributed by atoms with E-state index in [9.17, 15) is 14.0 Å². The van der Waals surface area contributed by atoms with Crippen molar-refractivity contribution in [2.24, 2.45) is 0 Å². The number of benzene rings is 2. The molecule has 4 aromatic rings. The molecule has 2 aromatic carbocycles. The summed E-state index contributed by atoms with van der Waals surface area (Å²) >= 11 is 1.54. The number of hydrogen-bond donors (Lipinski definition) is 1. The van der Waals surface area contributed by atoms with Crippen molar-refractivity contribution in [1.29, 1.82) is 0 Å². The maximum absolute atomic E-state index is 13.8. The highest BCUT2D eigenvalue weighted by Gasteiger charge is 2.49. The predicted molar refractivity (Wildman–Crippen MR) is 126 cm³/mol. The van der Waals surface area contributed by atoms with Crippen LogP contribution in [0.25, 0.3) is 10.2 Å². The van der Waals surface area contributed by atoms with Gasteiger partial charge in [0.2, 0.25) is 5.91 Å². The van der Waals surface area contributed by atoms with Crippen LogP contribution in [0.5, 0.6) is 5.75 Å². The van der Waals surface area contributed by atoms with E-state index < -0.39 is 5.54 Å². The van der Waals surface area contributed by atoms with E-state index in [4.69, 9.17) is 4.74 Å². The van der Waals surface area contributed by atoms with Crippen LogP contribution in [0, 0.1) is 5.82 Å². The van der Waals surface area contributed by atoms with Gasteiger partial charge in [-0.2, -0.15) is 0 Å². The van der Waals surface area contributed by atoms with Crippen molar-refractivity contribution >= 4 is 39.1 Å². The maximum atomic E-state index is 13.8. The molecule has 5 rings (SSSR count). The van der Waals surface area contributed by atoms with Crippen molar-refractivity contribution in [2.75, 3.05) is 12.0 Å². The number of aromatic nitrogens is 1. The number of amides is 2. The van der Waals surface area contributed by atoms with E-state index in [0.29, 0.717) is 17.1 Å². The van der Waals surface area contributed by atoms with Gasteiger partial charge in [-0.15, -0.1) is 11.3 Å². The first kappa shape index (κ1) is 21.2. The van der Waals surface area contributed by atoms with Gasteiger partial charge in [-0.25, -0.2) is 4.39 Å². The van der Waals surface area contributed by atoms with E-state index in [2.05, 4.69) is 5.32 Å². The SMILES string of the molecule is COc1ccccc1N1C(=O)c2cc3ccsc3n2C[C@@]1(C)C(=O)NCc1ccc(F)cc1. The third kappa shape index (κ3) is 3.47. The number of halogens is 1. The summed E-state index contributed by atoms with van der Waals surface area (Å²) in [5, 5.41) is 5.89. The summed E-state index contributed by atoms with van der Waals surface area (Å²) in [6.07, 6.45) is 0. The van der Waals surface area contributed by atoms with Gasteiger partial charge in [0.15, 0.2) is 0 Å². The molecule has 0 saturated carbocycles. The second kappa shape index (κ2) is 8.04. The summed E-state index contributed by atoms with van der Waals surface area (Å²) in [4.78, 5) is 30.0. The molecule has 1 atom stereocenters. The zero-order valence-electron chi connectivity index (χ0n) is 18.2. The highest BCUT2D eigenvalue weighted by atomic mass is 32.1. The minimum atomic E-state index is -1.23. The molecule has 0 fully saturated rings. The Morgan fingerprint density at radius 2 is 1.94 bits per heavy atom. The third-order valence-corrected chi connectivity index (χ3v) is 7.02. The van der Waals surface area contributed by atoms with E-state index in [1.165, 1.54) is 35.5 Å². The lowest BCUT2D eigenvalue weighted by atomic mass is 9.93. The van der Waals surface area contributed by atoms with Gasteiger partial charge in [0.25, 0.3) is 5.91 Å². The van der Waals surface area contributed by atoms with Gasteiger partial charge in [-0.3, -0.25) is 14.5 Å². The highest BCUT2D eigenvalue weighted by Crippen LogP contribution is 2.40. The standard InChI is InChI=1S/C25H22FN3O3S/c1-25(24(31)27-14-16-7-9-18(26)10-8-16)15-28-20(13-17-11-12-33-23(17)28)22(30)29(25)19-5-3-4-6-21(19)32-2/h3-13H,14-15H2,1-2H3,(H,27,31)/t25-/m0/s1. The largest absolute Gasteiger partial charge is 0.495 e. The Morgan fingerprint density at radius 3 is 2.70 bits per heavy atom. The van der Waals surface area contributed by atoms with Gasteiger partial charge in [0, 0.05) is 11.9 Å². The van der Waals surface area contributed by atoms with Crippen LogP contribution in [0.2, 0.25) is 0 Å². The molecule has 0 spiro atoms. The fourth-order valence-corrected chi connectivity index (χ4v) is 5.26. The number of carbonyl (C=O) groups is 2. The number of nitrogens with one attached hydrogen (secondary N) is 1. The second-order valence-electron chi connectivity index (χ2n) is 8.19. The first-order valence-electron chi connectivity index (χ1n) is 10.5. The van der Waals surface area contributed by atoms with Crippen LogP contribution in [-0.4, -0.2) is 29.0 Å². The molecule has 1 N–H and O–H groups in total. The molecule has 2 amide bonds. The Bertz CT molecular complexity index is 1360. The number of anilines is 1. The van der Waals surface area contributed by atoms with Crippen molar-refractivity contribution < 1.29 is 18.7 Å². The fraction of sp³-hybridized carbons (Fsp3) is 0.200. The molecule has 2 aromatic heterocycles. The molecule has 6 nitrogen and oxygen atoms in total. The predicted octanol–water partition coefficient (Wildman–Crippen LogP) is 4.59. The van der Waals surface area contributed by atoms with E-state index in [-0.39, 0.29) is 30.7 Å². The topological polar surface area (TPSA) is 63.6 Å². The first-order chi connectivity index (χ1) is 15.9. The number of para-hydroxylation sites is 2. The van der Waals surface area contributed by atoms with Crippen LogP contribution in [0.3, 0.4) is 0 Å². The van der Waals surface area contributed by atoms with E-state index in [1.807, 2.05) is 34.2 Å². The van der Waals surface area contributed by atoms with Crippen molar-refractivity contribution in [1.82, 2.24) is 9.88 Å². The van der Waals surface area contributed by atoms with Crippen LogP contribution in [0.15, 0.2) is 66.0 Å². The number of hydrogen-bond acceptors (Lipinski definition) is 4. The number of methoxy groups -OCH3 is 1. The lowest BCUT2D eigenvalue weighted by molar-refractivity contribution is -0.126.